The van der Waals surface area contributed by atoms with E-state index in [1.807, 2.05) is 24.3 Å². The number of benzene rings is 3. The van der Waals surface area contributed by atoms with Gasteiger partial charge in [0.15, 0.2) is 17.3 Å². The minimum atomic E-state index is -0.575. The van der Waals surface area contributed by atoms with Crippen LogP contribution in [-0.2, 0) is 0 Å². The lowest BCUT2D eigenvalue weighted by Crippen LogP contribution is -2.09. The Morgan fingerprint density at radius 3 is 2.48 bits per heavy atom. The van der Waals surface area contributed by atoms with Crippen molar-refractivity contribution < 1.29 is 28.5 Å². The van der Waals surface area contributed by atoms with Crippen molar-refractivity contribution in [1.82, 2.24) is 0 Å². The lowest BCUT2D eigenvalue weighted by atomic mass is 10.1. The van der Waals surface area contributed by atoms with E-state index >= 15 is 0 Å². The Morgan fingerprint density at radius 1 is 0.968 bits per heavy atom. The first kappa shape index (κ1) is 20.7. The Balaban J connectivity index is 1.55. The van der Waals surface area contributed by atoms with Gasteiger partial charge >= 0.3 is 5.97 Å². The minimum Gasteiger partial charge on any atom is -0.493 e. The van der Waals surface area contributed by atoms with Crippen molar-refractivity contribution in [1.29, 1.82) is 0 Å². The quantitative estimate of drug-likeness (QED) is 0.280. The van der Waals surface area contributed by atoms with Crippen LogP contribution in [0, 0.1) is 0 Å². The molecule has 3 aromatic rings. The van der Waals surface area contributed by atoms with Crippen molar-refractivity contribution in [2.45, 2.75) is 0 Å². The Kier molecular flexibility index (Phi) is 5.77. The van der Waals surface area contributed by atoms with Gasteiger partial charge in [0, 0.05) is 10.5 Å². The van der Waals surface area contributed by atoms with Crippen LogP contribution in [0.25, 0.3) is 6.08 Å². The van der Waals surface area contributed by atoms with Crippen LogP contribution < -0.4 is 18.9 Å². The average molecular weight is 481 g/mol. The molecule has 0 bridgehead atoms. The summed E-state index contributed by atoms with van der Waals surface area (Å²) in [4.78, 5) is 25.2. The molecule has 4 rings (SSSR count). The Labute approximate surface area is 187 Å². The number of hydrogen-bond acceptors (Lipinski definition) is 6. The number of halogens is 1. The van der Waals surface area contributed by atoms with Gasteiger partial charge in [-0.1, -0.05) is 34.1 Å². The predicted molar refractivity (Wildman–Crippen MR) is 118 cm³/mol. The van der Waals surface area contributed by atoms with Crippen LogP contribution >= 0.6 is 15.9 Å². The summed E-state index contributed by atoms with van der Waals surface area (Å²) in [5, 5.41) is 0. The van der Waals surface area contributed by atoms with E-state index in [0.717, 1.165) is 10.0 Å². The number of carbonyl (C=O) groups excluding carboxylic acids is 2. The number of esters is 1. The molecule has 6 nitrogen and oxygen atoms in total. The second-order valence-electron chi connectivity index (χ2n) is 6.58. The second kappa shape index (κ2) is 8.65. The highest BCUT2D eigenvalue weighted by Crippen LogP contribution is 2.36. The van der Waals surface area contributed by atoms with Gasteiger partial charge in [-0.25, -0.2) is 4.79 Å². The Hall–Kier alpha value is -3.58. The van der Waals surface area contributed by atoms with Gasteiger partial charge in [-0.2, -0.15) is 0 Å². The van der Waals surface area contributed by atoms with E-state index in [1.54, 1.807) is 30.3 Å². The summed E-state index contributed by atoms with van der Waals surface area (Å²) < 4.78 is 22.4. The van der Waals surface area contributed by atoms with Crippen molar-refractivity contribution in [2.24, 2.45) is 0 Å². The van der Waals surface area contributed by atoms with E-state index in [4.69, 9.17) is 18.9 Å². The van der Waals surface area contributed by atoms with E-state index in [-0.39, 0.29) is 17.3 Å². The van der Waals surface area contributed by atoms with Crippen molar-refractivity contribution in [3.63, 3.8) is 0 Å². The van der Waals surface area contributed by atoms with E-state index in [1.165, 1.54) is 26.4 Å². The molecule has 0 atom stereocenters. The molecule has 156 valence electrons. The third-order valence-electron chi connectivity index (χ3n) is 4.66. The molecule has 0 unspecified atom stereocenters. The average Bonchev–Trinajstić information content (AvgIpc) is 3.09. The van der Waals surface area contributed by atoms with Crippen LogP contribution in [0.1, 0.15) is 26.3 Å². The molecule has 0 N–H and O–H groups in total. The summed E-state index contributed by atoms with van der Waals surface area (Å²) in [6, 6.07) is 16.9. The maximum Gasteiger partial charge on any atom is 0.343 e. The van der Waals surface area contributed by atoms with Crippen molar-refractivity contribution in [3.8, 4) is 23.0 Å². The molecule has 0 saturated heterocycles. The van der Waals surface area contributed by atoms with Gasteiger partial charge < -0.3 is 18.9 Å². The lowest BCUT2D eigenvalue weighted by Gasteiger charge is -2.10. The molecule has 0 spiro atoms. The Morgan fingerprint density at radius 2 is 1.74 bits per heavy atom. The van der Waals surface area contributed by atoms with Crippen molar-refractivity contribution >= 4 is 33.8 Å². The summed E-state index contributed by atoms with van der Waals surface area (Å²) in [6.07, 6.45) is 1.67. The standard InChI is InChI=1S/C24H17BrO6/c1-28-19-10-7-15(12-21(19)29-2)24(27)30-16-8-9-17-20(13-16)31-22(23(17)26)11-14-5-3-4-6-18(14)25/h3-13H,1-2H3/b22-11-. The molecule has 0 fully saturated rings. The molecule has 0 radical (unpaired) electrons. The van der Waals surface area contributed by atoms with Gasteiger partial charge in [-0.3, -0.25) is 4.79 Å². The molecule has 0 saturated carbocycles. The monoisotopic (exact) mass is 480 g/mol. The maximum atomic E-state index is 12.7. The van der Waals surface area contributed by atoms with E-state index < -0.39 is 5.97 Å². The highest BCUT2D eigenvalue weighted by Gasteiger charge is 2.28. The summed E-state index contributed by atoms with van der Waals surface area (Å²) in [6.45, 7) is 0. The van der Waals surface area contributed by atoms with Gasteiger partial charge in [-0.05, 0) is 48.0 Å². The highest BCUT2D eigenvalue weighted by molar-refractivity contribution is 9.10. The maximum absolute atomic E-state index is 12.7. The SMILES string of the molecule is COc1ccc(C(=O)Oc2ccc3c(c2)O/C(=C\c2ccccc2Br)C3=O)cc1OC. The number of ether oxygens (including phenoxy) is 4. The van der Waals surface area contributed by atoms with Gasteiger partial charge in [0.05, 0.1) is 25.3 Å². The molecule has 7 heteroatoms. The first-order valence-electron chi connectivity index (χ1n) is 9.27. The fourth-order valence-corrected chi connectivity index (χ4v) is 3.49. The Bertz CT molecular complexity index is 1210. The molecule has 1 heterocycles. The number of rotatable bonds is 5. The van der Waals surface area contributed by atoms with Crippen molar-refractivity contribution in [2.75, 3.05) is 14.2 Å². The van der Waals surface area contributed by atoms with Crippen LogP contribution in [0.4, 0.5) is 0 Å². The number of ketones is 1. The molecule has 1 aliphatic heterocycles. The van der Waals surface area contributed by atoms with Gasteiger partial charge in [-0.15, -0.1) is 0 Å². The first-order chi connectivity index (χ1) is 15.0. The summed E-state index contributed by atoms with van der Waals surface area (Å²) in [5.74, 6) is 0.909. The molecule has 31 heavy (non-hydrogen) atoms. The molecule has 1 aliphatic rings. The number of carbonyl (C=O) groups is 2. The van der Waals surface area contributed by atoms with Crippen LogP contribution in [0.3, 0.4) is 0 Å². The fraction of sp³-hybridized carbons (Fsp3) is 0.0833. The topological polar surface area (TPSA) is 71.1 Å². The zero-order chi connectivity index (χ0) is 22.0. The first-order valence-corrected chi connectivity index (χ1v) is 10.1. The molecule has 0 aliphatic carbocycles. The van der Waals surface area contributed by atoms with Crippen LogP contribution in [-0.4, -0.2) is 26.0 Å². The van der Waals surface area contributed by atoms with E-state index in [9.17, 15) is 9.59 Å². The van der Waals surface area contributed by atoms with Crippen LogP contribution in [0.2, 0.25) is 0 Å². The lowest BCUT2D eigenvalue weighted by molar-refractivity contribution is 0.0734. The molecule has 0 amide bonds. The largest absolute Gasteiger partial charge is 0.493 e. The number of hydrogen-bond donors (Lipinski definition) is 0. The van der Waals surface area contributed by atoms with Crippen molar-refractivity contribution in [3.05, 3.63) is 87.6 Å². The smallest absolute Gasteiger partial charge is 0.343 e. The minimum absolute atomic E-state index is 0.199. The number of allylic oxidation sites excluding steroid dienone is 1. The zero-order valence-corrected chi connectivity index (χ0v) is 18.3. The van der Waals surface area contributed by atoms with E-state index in [2.05, 4.69) is 15.9 Å². The van der Waals surface area contributed by atoms with Gasteiger partial charge in [0.25, 0.3) is 0 Å². The predicted octanol–water partition coefficient (Wildman–Crippen LogP) is 5.30. The van der Waals surface area contributed by atoms with Crippen LogP contribution in [0.5, 0.6) is 23.0 Å². The second-order valence-corrected chi connectivity index (χ2v) is 7.43. The zero-order valence-electron chi connectivity index (χ0n) is 16.7. The molecule has 0 aromatic heterocycles. The third-order valence-corrected chi connectivity index (χ3v) is 5.39. The van der Waals surface area contributed by atoms with Crippen LogP contribution in [0.15, 0.2) is 70.9 Å². The number of Topliss-reactive ketones (excluding diaryl/α,β-unsaturated/α-hetero) is 1. The molecular weight excluding hydrogens is 464 g/mol. The number of fused-ring (bicyclic) bond motifs is 1. The molecular formula is C24H17BrO6. The highest BCUT2D eigenvalue weighted by atomic mass is 79.9. The molecule has 3 aromatic carbocycles. The summed E-state index contributed by atoms with van der Waals surface area (Å²) in [7, 11) is 3.00. The van der Waals surface area contributed by atoms with Gasteiger partial charge in [0.1, 0.15) is 11.5 Å². The fourth-order valence-electron chi connectivity index (χ4n) is 3.09. The van der Waals surface area contributed by atoms with E-state index in [0.29, 0.717) is 28.4 Å². The number of methoxy groups -OCH3 is 2. The third kappa shape index (κ3) is 4.18. The summed E-state index contributed by atoms with van der Waals surface area (Å²) >= 11 is 3.45. The van der Waals surface area contributed by atoms with Gasteiger partial charge in [0.2, 0.25) is 5.78 Å². The normalized spacial score (nSPS) is 13.5. The summed E-state index contributed by atoms with van der Waals surface area (Å²) in [5.41, 5.74) is 1.52.